The van der Waals surface area contributed by atoms with Gasteiger partial charge >= 0.3 is 5.97 Å². The minimum atomic E-state index is -0.934. The number of pyridine rings is 1. The van der Waals surface area contributed by atoms with E-state index in [1.807, 2.05) is 0 Å². The van der Waals surface area contributed by atoms with E-state index in [4.69, 9.17) is 5.11 Å². The third-order valence-corrected chi connectivity index (χ3v) is 2.41. The third kappa shape index (κ3) is 3.62. The largest absolute Gasteiger partial charge is 0.481 e. The lowest BCUT2D eigenvalue weighted by atomic mass is 10.2. The van der Waals surface area contributed by atoms with Crippen LogP contribution in [-0.4, -0.2) is 28.5 Å². The molecule has 0 aliphatic heterocycles. The summed E-state index contributed by atoms with van der Waals surface area (Å²) in [7, 11) is 0. The number of rotatable bonds is 4. The molecule has 0 spiro atoms. The van der Waals surface area contributed by atoms with Gasteiger partial charge in [-0.1, -0.05) is 6.92 Å². The lowest BCUT2D eigenvalue weighted by molar-refractivity contribution is -0.140. The Labute approximate surface area is 101 Å². The van der Waals surface area contributed by atoms with E-state index in [0.29, 0.717) is 10.2 Å². The fourth-order valence-corrected chi connectivity index (χ4v) is 1.34. The number of aromatic nitrogens is 1. The van der Waals surface area contributed by atoms with Crippen molar-refractivity contribution in [2.24, 2.45) is 5.92 Å². The molecule has 0 aliphatic rings. The minimum Gasteiger partial charge on any atom is -0.481 e. The first kappa shape index (κ1) is 12.6. The Kier molecular flexibility index (Phi) is 4.42. The minimum absolute atomic E-state index is 0.105. The average molecular weight is 287 g/mol. The Balaban J connectivity index is 2.56. The summed E-state index contributed by atoms with van der Waals surface area (Å²) >= 11 is 3.15. The van der Waals surface area contributed by atoms with E-state index in [9.17, 15) is 9.59 Å². The van der Waals surface area contributed by atoms with Crippen molar-refractivity contribution >= 4 is 27.8 Å². The molecule has 1 amide bonds. The fraction of sp³-hybridized carbons (Fsp3) is 0.300. The number of hydrogen-bond acceptors (Lipinski definition) is 3. The van der Waals surface area contributed by atoms with Gasteiger partial charge in [0.25, 0.3) is 5.91 Å². The number of carbonyl (C=O) groups is 2. The maximum atomic E-state index is 11.6. The molecule has 5 nitrogen and oxygen atoms in total. The molecular formula is C10H11BrN2O3. The molecule has 86 valence electrons. The Bertz CT molecular complexity index is 409. The molecule has 6 heteroatoms. The summed E-state index contributed by atoms with van der Waals surface area (Å²) in [4.78, 5) is 26.0. The number of carbonyl (C=O) groups excluding carboxylic acids is 1. The smallest absolute Gasteiger partial charge is 0.308 e. The highest BCUT2D eigenvalue weighted by Crippen LogP contribution is 2.07. The Morgan fingerprint density at radius 2 is 2.31 bits per heavy atom. The Morgan fingerprint density at radius 3 is 2.88 bits per heavy atom. The summed E-state index contributed by atoms with van der Waals surface area (Å²) in [6.07, 6.45) is 1.50. The molecule has 0 saturated heterocycles. The standard InChI is InChI=1S/C10H11BrN2O3/c1-6(10(15)16)5-13-9(14)7-2-3-12-8(11)4-7/h2-4,6H,5H2,1H3,(H,13,14)(H,15,16). The van der Waals surface area contributed by atoms with Gasteiger partial charge < -0.3 is 10.4 Å². The molecule has 0 saturated carbocycles. The number of halogens is 1. The number of nitrogens with zero attached hydrogens (tertiary/aromatic N) is 1. The van der Waals surface area contributed by atoms with Crippen LogP contribution >= 0.6 is 15.9 Å². The topological polar surface area (TPSA) is 79.3 Å². The van der Waals surface area contributed by atoms with Gasteiger partial charge in [-0.25, -0.2) is 4.98 Å². The van der Waals surface area contributed by atoms with Gasteiger partial charge in [0, 0.05) is 18.3 Å². The second-order valence-electron chi connectivity index (χ2n) is 3.32. The summed E-state index contributed by atoms with van der Waals surface area (Å²) in [5.41, 5.74) is 0.444. The number of amides is 1. The lowest BCUT2D eigenvalue weighted by Gasteiger charge is -2.08. The van der Waals surface area contributed by atoms with Gasteiger partial charge in [-0.2, -0.15) is 0 Å². The molecule has 2 N–H and O–H groups in total. The van der Waals surface area contributed by atoms with Gasteiger partial charge in [0.2, 0.25) is 0 Å². The number of hydrogen-bond donors (Lipinski definition) is 2. The molecule has 0 aliphatic carbocycles. The summed E-state index contributed by atoms with van der Waals surface area (Å²) in [5, 5.41) is 11.2. The summed E-state index contributed by atoms with van der Waals surface area (Å²) in [6.45, 7) is 1.64. The monoisotopic (exact) mass is 286 g/mol. The van der Waals surface area contributed by atoms with Crippen LogP contribution in [0.4, 0.5) is 0 Å². The van der Waals surface area contributed by atoms with Gasteiger partial charge in [0.05, 0.1) is 5.92 Å². The predicted molar refractivity (Wildman–Crippen MR) is 61.1 cm³/mol. The zero-order valence-electron chi connectivity index (χ0n) is 8.61. The quantitative estimate of drug-likeness (QED) is 0.818. The molecule has 16 heavy (non-hydrogen) atoms. The van der Waals surface area contributed by atoms with Crippen molar-refractivity contribution in [1.82, 2.24) is 10.3 Å². The third-order valence-electron chi connectivity index (χ3n) is 1.98. The number of aliphatic carboxylic acids is 1. The van der Waals surface area contributed by atoms with Gasteiger partial charge in [0.1, 0.15) is 4.60 Å². The fourth-order valence-electron chi connectivity index (χ4n) is 0.979. The van der Waals surface area contributed by atoms with Crippen LogP contribution in [0.2, 0.25) is 0 Å². The number of carboxylic acids is 1. The van der Waals surface area contributed by atoms with E-state index in [-0.39, 0.29) is 12.5 Å². The van der Waals surface area contributed by atoms with Crippen molar-refractivity contribution in [3.8, 4) is 0 Å². The van der Waals surface area contributed by atoms with Crippen LogP contribution in [0.3, 0.4) is 0 Å². The average Bonchev–Trinajstić information content (AvgIpc) is 2.25. The van der Waals surface area contributed by atoms with Crippen molar-refractivity contribution in [2.75, 3.05) is 6.54 Å². The number of nitrogens with one attached hydrogen (secondary N) is 1. The van der Waals surface area contributed by atoms with Crippen LogP contribution in [0.25, 0.3) is 0 Å². The normalized spacial score (nSPS) is 11.9. The van der Waals surface area contributed by atoms with Crippen LogP contribution in [0, 0.1) is 5.92 Å². The van der Waals surface area contributed by atoms with Crippen LogP contribution in [-0.2, 0) is 4.79 Å². The molecule has 1 aromatic heterocycles. The Hall–Kier alpha value is -1.43. The first-order valence-electron chi connectivity index (χ1n) is 4.63. The van der Waals surface area contributed by atoms with Gasteiger partial charge in [0.15, 0.2) is 0 Å². The van der Waals surface area contributed by atoms with Crippen LogP contribution < -0.4 is 5.32 Å². The van der Waals surface area contributed by atoms with Gasteiger partial charge in [-0.15, -0.1) is 0 Å². The zero-order chi connectivity index (χ0) is 12.1. The van der Waals surface area contributed by atoms with E-state index < -0.39 is 11.9 Å². The molecule has 1 heterocycles. The van der Waals surface area contributed by atoms with Crippen LogP contribution in [0.5, 0.6) is 0 Å². The molecule has 1 aromatic rings. The van der Waals surface area contributed by atoms with Gasteiger partial charge in [-0.3, -0.25) is 9.59 Å². The van der Waals surface area contributed by atoms with Gasteiger partial charge in [-0.05, 0) is 28.1 Å². The first-order valence-corrected chi connectivity index (χ1v) is 5.42. The van der Waals surface area contributed by atoms with E-state index >= 15 is 0 Å². The second-order valence-corrected chi connectivity index (χ2v) is 4.13. The Morgan fingerprint density at radius 1 is 1.62 bits per heavy atom. The van der Waals surface area contributed by atoms with Crippen LogP contribution in [0.1, 0.15) is 17.3 Å². The maximum Gasteiger partial charge on any atom is 0.308 e. The lowest BCUT2D eigenvalue weighted by Crippen LogP contribution is -2.31. The van der Waals surface area contributed by atoms with Crippen molar-refractivity contribution < 1.29 is 14.7 Å². The highest BCUT2D eigenvalue weighted by Gasteiger charge is 2.13. The highest BCUT2D eigenvalue weighted by molar-refractivity contribution is 9.10. The molecule has 1 atom stereocenters. The van der Waals surface area contributed by atoms with E-state index in [2.05, 4.69) is 26.2 Å². The van der Waals surface area contributed by atoms with E-state index in [0.717, 1.165) is 0 Å². The predicted octanol–water partition coefficient (Wildman–Crippen LogP) is 1.29. The van der Waals surface area contributed by atoms with Crippen molar-refractivity contribution in [1.29, 1.82) is 0 Å². The molecule has 0 radical (unpaired) electrons. The van der Waals surface area contributed by atoms with E-state index in [1.165, 1.54) is 13.1 Å². The maximum absolute atomic E-state index is 11.6. The van der Waals surface area contributed by atoms with Crippen LogP contribution in [0.15, 0.2) is 22.9 Å². The van der Waals surface area contributed by atoms with Crippen molar-refractivity contribution in [3.05, 3.63) is 28.5 Å². The second kappa shape index (κ2) is 5.60. The molecular weight excluding hydrogens is 276 g/mol. The SMILES string of the molecule is CC(CNC(=O)c1ccnc(Br)c1)C(=O)O. The molecule has 1 unspecified atom stereocenters. The molecule has 0 aromatic carbocycles. The first-order chi connectivity index (χ1) is 7.50. The van der Waals surface area contributed by atoms with Crippen molar-refractivity contribution in [2.45, 2.75) is 6.92 Å². The summed E-state index contributed by atoms with van der Waals surface area (Å²) < 4.78 is 0.562. The molecule has 1 rings (SSSR count). The zero-order valence-corrected chi connectivity index (χ0v) is 10.2. The molecule has 0 bridgehead atoms. The van der Waals surface area contributed by atoms with E-state index in [1.54, 1.807) is 12.1 Å². The van der Waals surface area contributed by atoms with Crippen molar-refractivity contribution in [3.63, 3.8) is 0 Å². The highest BCUT2D eigenvalue weighted by atomic mass is 79.9. The summed E-state index contributed by atoms with van der Waals surface area (Å²) in [5.74, 6) is -1.85. The number of carboxylic acid groups (broad SMARTS) is 1. The summed E-state index contributed by atoms with van der Waals surface area (Å²) in [6, 6.07) is 3.13. The molecule has 0 fully saturated rings.